The van der Waals surface area contributed by atoms with E-state index in [0.29, 0.717) is 5.69 Å². The number of fused-ring (bicyclic) bond motifs is 4. The molecule has 0 aromatic heterocycles. The van der Waals surface area contributed by atoms with Crippen molar-refractivity contribution in [1.29, 1.82) is 0 Å². The second-order valence-corrected chi connectivity index (χ2v) is 12.8. The first kappa shape index (κ1) is 28.5. The van der Waals surface area contributed by atoms with E-state index < -0.39 is 17.0 Å². The lowest BCUT2D eigenvalue weighted by atomic mass is 9.65. The number of nitrogens with zero attached hydrogens (tertiary/aromatic N) is 2. The molecule has 0 bridgehead atoms. The number of hydrogen-bond acceptors (Lipinski definition) is 4. The molecule has 0 radical (unpaired) electrons. The number of hydrogen-bond donors (Lipinski definition) is 1. The topological polar surface area (TPSA) is 61.9 Å². The molecule has 0 saturated carbocycles. The Balaban J connectivity index is 1.36. The number of benzene rings is 4. The van der Waals surface area contributed by atoms with Crippen LogP contribution in [0.3, 0.4) is 0 Å². The van der Waals surface area contributed by atoms with Gasteiger partial charge in [-0.05, 0) is 65.8 Å². The Bertz CT molecular complexity index is 1670. The third-order valence-corrected chi connectivity index (χ3v) is 9.13. The minimum atomic E-state index is -0.508. The second-order valence-electron chi connectivity index (χ2n) is 12.8. The average Bonchev–Trinajstić information content (AvgIpc) is 3.29. The minimum Gasteiger partial charge on any atom is -0.448 e. The highest BCUT2D eigenvalue weighted by Crippen LogP contribution is 2.53. The number of rotatable bonds is 5. The first-order valence-electron chi connectivity index (χ1n) is 14.9. The zero-order valence-corrected chi connectivity index (χ0v) is 25.8. The summed E-state index contributed by atoms with van der Waals surface area (Å²) >= 11 is 0. The minimum absolute atomic E-state index is 0.0108. The summed E-state index contributed by atoms with van der Waals surface area (Å²) in [5.74, 6) is -0.0361. The van der Waals surface area contributed by atoms with Crippen molar-refractivity contribution < 1.29 is 14.3 Å². The second kappa shape index (κ2) is 10.6. The molecule has 2 amide bonds. The van der Waals surface area contributed by atoms with E-state index in [1.807, 2.05) is 66.4 Å². The number of nitrogens with one attached hydrogen (secondary N) is 1. The van der Waals surface area contributed by atoms with Crippen molar-refractivity contribution >= 4 is 29.1 Å². The first-order valence-corrected chi connectivity index (χ1v) is 14.9. The van der Waals surface area contributed by atoms with Gasteiger partial charge in [0.1, 0.15) is 6.61 Å². The van der Waals surface area contributed by atoms with Gasteiger partial charge in [0.2, 0.25) is 5.91 Å². The summed E-state index contributed by atoms with van der Waals surface area (Å²) in [6.45, 7) is 8.32. The van der Waals surface area contributed by atoms with Crippen molar-refractivity contribution in [2.75, 3.05) is 35.8 Å². The van der Waals surface area contributed by atoms with Crippen molar-refractivity contribution in [3.63, 3.8) is 0 Å². The summed E-state index contributed by atoms with van der Waals surface area (Å²) < 4.78 is 5.92. The maximum absolute atomic E-state index is 13.4. The Labute approximate surface area is 254 Å². The fourth-order valence-corrected chi connectivity index (χ4v) is 7.44. The van der Waals surface area contributed by atoms with Gasteiger partial charge in [0, 0.05) is 37.9 Å². The summed E-state index contributed by atoms with van der Waals surface area (Å²) in [4.78, 5) is 30.4. The van der Waals surface area contributed by atoms with Gasteiger partial charge < -0.3 is 14.5 Å². The normalized spacial score (nSPS) is 18.3. The van der Waals surface area contributed by atoms with E-state index in [4.69, 9.17) is 4.74 Å². The van der Waals surface area contributed by atoms with Gasteiger partial charge in [-0.25, -0.2) is 4.79 Å². The fourth-order valence-electron chi connectivity index (χ4n) is 7.44. The number of anilines is 3. The van der Waals surface area contributed by atoms with Crippen LogP contribution in [0.25, 0.3) is 11.1 Å². The number of ether oxygens (including phenoxy) is 1. The van der Waals surface area contributed by atoms with Crippen LogP contribution in [0.2, 0.25) is 0 Å². The zero-order chi connectivity index (χ0) is 30.5. The highest BCUT2D eigenvalue weighted by molar-refractivity contribution is 5.99. The average molecular weight is 574 g/mol. The Kier molecular flexibility index (Phi) is 7.04. The van der Waals surface area contributed by atoms with E-state index in [1.54, 1.807) is 6.92 Å². The summed E-state index contributed by atoms with van der Waals surface area (Å²) in [5, 5.41) is 3.06. The standard InChI is InChI=1S/C37H39N3O3/c1-24(41)40-33-21-34(39(5)6)32(20-31(33)37(4,23-36(40,2)3)25-14-8-7-9-15-25)38-35(42)43-22-30-28-18-12-10-16-26(28)27-17-11-13-19-29(27)30/h7-21,30H,22-23H2,1-6H3,(H,38,42). The van der Waals surface area contributed by atoms with Gasteiger partial charge >= 0.3 is 6.09 Å². The van der Waals surface area contributed by atoms with Gasteiger partial charge in [-0.1, -0.05) is 85.8 Å². The molecule has 1 aliphatic carbocycles. The molecule has 4 aromatic rings. The first-order chi connectivity index (χ1) is 20.5. The SMILES string of the molecule is CC(=O)N1c2cc(N(C)C)c(NC(=O)OCC3c4ccccc4-c4ccccc43)cc2C(C)(c2ccccc2)CC1(C)C. The van der Waals surface area contributed by atoms with Crippen LogP contribution < -0.4 is 15.1 Å². The Morgan fingerprint density at radius 1 is 0.884 bits per heavy atom. The lowest BCUT2D eigenvalue weighted by Crippen LogP contribution is -2.55. The third-order valence-electron chi connectivity index (χ3n) is 9.13. The Morgan fingerprint density at radius 2 is 1.47 bits per heavy atom. The number of amides is 2. The molecule has 2 aliphatic rings. The zero-order valence-electron chi connectivity index (χ0n) is 25.8. The predicted octanol–water partition coefficient (Wildman–Crippen LogP) is 7.95. The monoisotopic (exact) mass is 573 g/mol. The van der Waals surface area contributed by atoms with Crippen LogP contribution in [0.5, 0.6) is 0 Å². The molecule has 6 rings (SSSR count). The molecular weight excluding hydrogens is 534 g/mol. The summed E-state index contributed by atoms with van der Waals surface area (Å²) in [7, 11) is 3.88. The van der Waals surface area contributed by atoms with Crippen LogP contribution in [0, 0.1) is 0 Å². The van der Waals surface area contributed by atoms with E-state index in [2.05, 4.69) is 74.6 Å². The summed E-state index contributed by atoms with van der Waals surface area (Å²) in [6, 6.07) is 31.1. The molecule has 4 aromatic carbocycles. The molecule has 1 atom stereocenters. The molecule has 6 heteroatoms. The van der Waals surface area contributed by atoms with Crippen LogP contribution in [0.15, 0.2) is 91.0 Å². The van der Waals surface area contributed by atoms with E-state index in [-0.39, 0.29) is 18.4 Å². The maximum Gasteiger partial charge on any atom is 0.411 e. The van der Waals surface area contributed by atoms with Crippen LogP contribution in [-0.4, -0.2) is 38.2 Å². The maximum atomic E-state index is 13.4. The summed E-state index contributed by atoms with van der Waals surface area (Å²) in [5.41, 5.74) is 8.36. The highest BCUT2D eigenvalue weighted by Gasteiger charge is 2.47. The molecule has 220 valence electrons. The van der Waals surface area contributed by atoms with Crippen molar-refractivity contribution in [3.8, 4) is 11.1 Å². The lowest BCUT2D eigenvalue weighted by Gasteiger charge is -2.51. The quantitative estimate of drug-likeness (QED) is 0.263. The van der Waals surface area contributed by atoms with E-state index in [9.17, 15) is 9.59 Å². The van der Waals surface area contributed by atoms with Gasteiger partial charge in [-0.2, -0.15) is 0 Å². The molecule has 6 nitrogen and oxygen atoms in total. The molecule has 1 unspecified atom stereocenters. The molecule has 43 heavy (non-hydrogen) atoms. The van der Waals surface area contributed by atoms with Gasteiger partial charge in [0.25, 0.3) is 0 Å². The largest absolute Gasteiger partial charge is 0.448 e. The molecule has 1 aliphatic heterocycles. The van der Waals surface area contributed by atoms with Crippen LogP contribution >= 0.6 is 0 Å². The van der Waals surface area contributed by atoms with Gasteiger partial charge in [-0.15, -0.1) is 0 Å². The van der Waals surface area contributed by atoms with E-state index >= 15 is 0 Å². The highest BCUT2D eigenvalue weighted by atomic mass is 16.5. The predicted molar refractivity (Wildman–Crippen MR) is 174 cm³/mol. The van der Waals surface area contributed by atoms with Crippen molar-refractivity contribution in [1.82, 2.24) is 0 Å². The molecule has 0 fully saturated rings. The number of carbonyl (C=O) groups is 2. The molecule has 0 spiro atoms. The fraction of sp³-hybridized carbons (Fsp3) is 0.297. The van der Waals surface area contributed by atoms with Gasteiger partial charge in [0.15, 0.2) is 0 Å². The third kappa shape index (κ3) is 4.85. The van der Waals surface area contributed by atoms with Crippen molar-refractivity contribution in [2.24, 2.45) is 0 Å². The van der Waals surface area contributed by atoms with Gasteiger partial charge in [-0.3, -0.25) is 10.1 Å². The molecule has 1 N–H and O–H groups in total. The van der Waals surface area contributed by atoms with Crippen molar-refractivity contribution in [3.05, 3.63) is 113 Å². The Morgan fingerprint density at radius 3 is 2.05 bits per heavy atom. The summed E-state index contributed by atoms with van der Waals surface area (Å²) in [6.07, 6.45) is 0.216. The van der Waals surface area contributed by atoms with Crippen LogP contribution in [-0.2, 0) is 14.9 Å². The molecule has 0 saturated heterocycles. The lowest BCUT2D eigenvalue weighted by molar-refractivity contribution is -0.117. The van der Waals surface area contributed by atoms with E-state index in [0.717, 1.165) is 28.9 Å². The van der Waals surface area contributed by atoms with Crippen molar-refractivity contribution in [2.45, 2.75) is 51.0 Å². The van der Waals surface area contributed by atoms with Gasteiger partial charge in [0.05, 0.1) is 17.1 Å². The van der Waals surface area contributed by atoms with Crippen LogP contribution in [0.4, 0.5) is 21.9 Å². The molecular formula is C37H39N3O3. The smallest absolute Gasteiger partial charge is 0.411 e. The van der Waals surface area contributed by atoms with Crippen LogP contribution in [0.1, 0.15) is 62.3 Å². The Hall–Kier alpha value is -4.58. The van der Waals surface area contributed by atoms with E-state index in [1.165, 1.54) is 22.3 Å². The molecule has 1 heterocycles. The number of carbonyl (C=O) groups excluding carboxylic acids is 2.